The lowest BCUT2D eigenvalue weighted by atomic mass is 10.1. The van der Waals surface area contributed by atoms with E-state index in [1.807, 2.05) is 0 Å². The highest BCUT2D eigenvalue weighted by Crippen LogP contribution is 2.18. The number of methoxy groups -OCH3 is 2. The number of carbonyl (C=O) groups is 3. The highest BCUT2D eigenvalue weighted by Gasteiger charge is 2.17. The molecule has 9 heteroatoms. The van der Waals surface area contributed by atoms with Crippen LogP contribution in [0, 0.1) is 0 Å². The molecule has 1 aromatic carbocycles. The maximum absolute atomic E-state index is 12.6. The Morgan fingerprint density at radius 1 is 1.04 bits per heavy atom. The summed E-state index contributed by atoms with van der Waals surface area (Å²) in [6, 6.07) is 5.80. The molecule has 0 saturated heterocycles. The SMILES string of the molecule is COC(=O)c1cc(NC(=O)c2cnn3cccnc23)cc(C(=O)OC)c1. The van der Waals surface area contributed by atoms with E-state index in [0.29, 0.717) is 5.65 Å². The molecule has 1 amide bonds. The Labute approximate surface area is 147 Å². The van der Waals surface area contributed by atoms with Crippen LogP contribution in [0.5, 0.6) is 0 Å². The second kappa shape index (κ2) is 7.01. The summed E-state index contributed by atoms with van der Waals surface area (Å²) in [4.78, 5) is 40.3. The predicted octanol–water partition coefficient (Wildman–Crippen LogP) is 1.55. The first-order valence-electron chi connectivity index (χ1n) is 7.45. The second-order valence-electron chi connectivity index (χ2n) is 5.18. The van der Waals surface area contributed by atoms with Gasteiger partial charge < -0.3 is 14.8 Å². The van der Waals surface area contributed by atoms with Crippen LogP contribution in [0.25, 0.3) is 5.65 Å². The number of ether oxygens (including phenoxy) is 2. The lowest BCUT2D eigenvalue weighted by molar-refractivity contribution is 0.0599. The first-order chi connectivity index (χ1) is 12.5. The normalized spacial score (nSPS) is 10.4. The molecule has 0 radical (unpaired) electrons. The number of nitrogens with zero attached hydrogens (tertiary/aromatic N) is 3. The first kappa shape index (κ1) is 17.1. The lowest BCUT2D eigenvalue weighted by Crippen LogP contribution is -2.14. The van der Waals surface area contributed by atoms with E-state index in [-0.39, 0.29) is 22.4 Å². The van der Waals surface area contributed by atoms with E-state index in [1.54, 1.807) is 18.5 Å². The molecule has 0 aliphatic heterocycles. The molecule has 1 N–H and O–H groups in total. The molecular weight excluding hydrogens is 340 g/mol. The number of anilines is 1. The summed E-state index contributed by atoms with van der Waals surface area (Å²) in [7, 11) is 2.44. The Hall–Kier alpha value is -3.75. The zero-order chi connectivity index (χ0) is 18.7. The first-order valence-corrected chi connectivity index (χ1v) is 7.45. The quantitative estimate of drug-likeness (QED) is 0.708. The van der Waals surface area contributed by atoms with Crippen molar-refractivity contribution in [3.63, 3.8) is 0 Å². The summed E-state index contributed by atoms with van der Waals surface area (Å²) in [5, 5.41) is 6.67. The van der Waals surface area contributed by atoms with E-state index in [9.17, 15) is 14.4 Å². The zero-order valence-corrected chi connectivity index (χ0v) is 13.9. The number of hydrogen-bond donors (Lipinski definition) is 1. The van der Waals surface area contributed by atoms with E-state index in [4.69, 9.17) is 0 Å². The third-order valence-electron chi connectivity index (χ3n) is 3.56. The molecule has 132 valence electrons. The zero-order valence-electron chi connectivity index (χ0n) is 13.9. The molecule has 26 heavy (non-hydrogen) atoms. The third kappa shape index (κ3) is 3.22. The average Bonchev–Trinajstić information content (AvgIpc) is 3.10. The topological polar surface area (TPSA) is 112 Å². The van der Waals surface area contributed by atoms with Crippen molar-refractivity contribution in [2.75, 3.05) is 19.5 Å². The van der Waals surface area contributed by atoms with E-state index in [0.717, 1.165) is 0 Å². The molecule has 3 rings (SSSR count). The van der Waals surface area contributed by atoms with Gasteiger partial charge in [-0.3, -0.25) is 4.79 Å². The van der Waals surface area contributed by atoms with E-state index < -0.39 is 17.8 Å². The summed E-state index contributed by atoms with van der Waals surface area (Å²) in [5.41, 5.74) is 1.05. The van der Waals surface area contributed by atoms with Gasteiger partial charge in [0.1, 0.15) is 5.56 Å². The highest BCUT2D eigenvalue weighted by atomic mass is 16.5. The molecule has 0 fully saturated rings. The molecule has 2 aromatic heterocycles. The molecule has 0 aliphatic rings. The van der Waals surface area contributed by atoms with E-state index >= 15 is 0 Å². The fraction of sp³-hybridized carbons (Fsp3) is 0.118. The fourth-order valence-corrected chi connectivity index (χ4v) is 2.36. The third-order valence-corrected chi connectivity index (χ3v) is 3.56. The van der Waals surface area contributed by atoms with Crippen molar-refractivity contribution < 1.29 is 23.9 Å². The number of carbonyl (C=O) groups excluding carboxylic acids is 3. The van der Waals surface area contributed by atoms with Crippen LogP contribution >= 0.6 is 0 Å². The van der Waals surface area contributed by atoms with Gasteiger partial charge in [-0.05, 0) is 24.3 Å². The van der Waals surface area contributed by atoms with Crippen LogP contribution in [0.2, 0.25) is 0 Å². The Morgan fingerprint density at radius 3 is 2.31 bits per heavy atom. The number of hydrogen-bond acceptors (Lipinski definition) is 7. The Balaban J connectivity index is 1.96. The van der Waals surface area contributed by atoms with Gasteiger partial charge >= 0.3 is 11.9 Å². The highest BCUT2D eigenvalue weighted by molar-refractivity contribution is 6.09. The van der Waals surface area contributed by atoms with Crippen molar-refractivity contribution in [2.45, 2.75) is 0 Å². The number of rotatable bonds is 4. The average molecular weight is 354 g/mol. The van der Waals surface area contributed by atoms with Gasteiger partial charge in [0.25, 0.3) is 5.91 Å². The summed E-state index contributed by atoms with van der Waals surface area (Å²) in [6.07, 6.45) is 4.58. The van der Waals surface area contributed by atoms with Crippen LogP contribution in [0.4, 0.5) is 5.69 Å². The van der Waals surface area contributed by atoms with Crippen molar-refractivity contribution in [3.05, 3.63) is 59.5 Å². The minimum atomic E-state index is -0.649. The van der Waals surface area contributed by atoms with Gasteiger partial charge in [0.15, 0.2) is 5.65 Å². The number of benzene rings is 1. The van der Waals surface area contributed by atoms with Gasteiger partial charge in [-0.15, -0.1) is 0 Å². The number of nitrogens with one attached hydrogen (secondary N) is 1. The van der Waals surface area contributed by atoms with Crippen LogP contribution in [-0.4, -0.2) is 46.7 Å². The maximum atomic E-state index is 12.6. The Kier molecular flexibility index (Phi) is 4.61. The Morgan fingerprint density at radius 2 is 1.69 bits per heavy atom. The molecule has 0 unspecified atom stereocenters. The maximum Gasteiger partial charge on any atom is 0.337 e. The van der Waals surface area contributed by atoms with E-state index in [2.05, 4.69) is 24.9 Å². The number of esters is 2. The van der Waals surface area contributed by atoms with Crippen LogP contribution in [0.3, 0.4) is 0 Å². The smallest absolute Gasteiger partial charge is 0.337 e. The van der Waals surface area contributed by atoms with Gasteiger partial charge in [0, 0.05) is 18.1 Å². The molecule has 3 aromatic rings. The van der Waals surface area contributed by atoms with Crippen LogP contribution in [0.15, 0.2) is 42.9 Å². The standard InChI is InChI=1S/C17H14N4O5/c1-25-16(23)10-6-11(17(24)26-2)8-12(7-10)20-15(22)13-9-19-21-5-3-4-18-14(13)21/h3-9H,1-2H3,(H,20,22). The molecule has 0 spiro atoms. The predicted molar refractivity (Wildman–Crippen MR) is 90.1 cm³/mol. The number of amides is 1. The van der Waals surface area contributed by atoms with Crippen molar-refractivity contribution in [2.24, 2.45) is 0 Å². The van der Waals surface area contributed by atoms with Gasteiger partial charge in [-0.1, -0.05) is 0 Å². The van der Waals surface area contributed by atoms with Gasteiger partial charge in [0.2, 0.25) is 0 Å². The van der Waals surface area contributed by atoms with Crippen LogP contribution in [-0.2, 0) is 9.47 Å². The summed E-state index contributed by atoms with van der Waals surface area (Å²) < 4.78 is 10.8. The van der Waals surface area contributed by atoms with Gasteiger partial charge in [-0.25, -0.2) is 19.1 Å². The van der Waals surface area contributed by atoms with Crippen molar-refractivity contribution in [1.82, 2.24) is 14.6 Å². The second-order valence-corrected chi connectivity index (χ2v) is 5.18. The van der Waals surface area contributed by atoms with Crippen LogP contribution < -0.4 is 5.32 Å². The van der Waals surface area contributed by atoms with Crippen LogP contribution in [0.1, 0.15) is 31.1 Å². The summed E-state index contributed by atoms with van der Waals surface area (Å²) in [5.74, 6) is -1.79. The van der Waals surface area contributed by atoms with E-state index in [1.165, 1.54) is 43.1 Å². The van der Waals surface area contributed by atoms with Gasteiger partial charge in [-0.2, -0.15) is 5.10 Å². The number of fused-ring (bicyclic) bond motifs is 1. The molecule has 2 heterocycles. The fourth-order valence-electron chi connectivity index (χ4n) is 2.36. The van der Waals surface area contributed by atoms with Crippen molar-refractivity contribution in [1.29, 1.82) is 0 Å². The largest absolute Gasteiger partial charge is 0.465 e. The molecule has 0 atom stereocenters. The monoisotopic (exact) mass is 354 g/mol. The molecular formula is C17H14N4O5. The number of aromatic nitrogens is 3. The van der Waals surface area contributed by atoms with Gasteiger partial charge in [0.05, 0.1) is 31.5 Å². The summed E-state index contributed by atoms with van der Waals surface area (Å²) >= 11 is 0. The minimum absolute atomic E-state index is 0.101. The summed E-state index contributed by atoms with van der Waals surface area (Å²) in [6.45, 7) is 0. The minimum Gasteiger partial charge on any atom is -0.465 e. The Bertz CT molecular complexity index is 977. The molecule has 0 aliphatic carbocycles. The molecule has 9 nitrogen and oxygen atoms in total. The van der Waals surface area contributed by atoms with Crippen molar-refractivity contribution >= 4 is 29.2 Å². The molecule has 0 bridgehead atoms. The lowest BCUT2D eigenvalue weighted by Gasteiger charge is -2.09. The van der Waals surface area contributed by atoms with Crippen molar-refractivity contribution in [3.8, 4) is 0 Å². The molecule has 0 saturated carbocycles.